The maximum Gasteiger partial charge on any atom is 0.255 e. The van der Waals surface area contributed by atoms with Crippen LogP contribution in [0.15, 0.2) is 59.5 Å². The number of nitrogens with one attached hydrogen (secondary N) is 3. The molecule has 0 radical (unpaired) electrons. The Balaban J connectivity index is 1.62. The summed E-state index contributed by atoms with van der Waals surface area (Å²) < 4.78 is 0. The van der Waals surface area contributed by atoms with Crippen LogP contribution in [0.2, 0.25) is 5.02 Å². The van der Waals surface area contributed by atoms with Gasteiger partial charge < -0.3 is 15.6 Å². The first-order valence-electron chi connectivity index (χ1n) is 9.01. The minimum atomic E-state index is -0.201. The second-order valence-electron chi connectivity index (χ2n) is 6.83. The second kappa shape index (κ2) is 7.55. The Hall–Kier alpha value is -2.63. The van der Waals surface area contributed by atoms with Crippen LogP contribution in [0, 0.1) is 5.92 Å². The highest BCUT2D eigenvalue weighted by Crippen LogP contribution is 2.32. The zero-order valence-corrected chi connectivity index (χ0v) is 15.4. The summed E-state index contributed by atoms with van der Waals surface area (Å²) in [7, 11) is 0. The normalized spacial score (nSPS) is 19.7. The van der Waals surface area contributed by atoms with Crippen molar-refractivity contribution in [1.82, 2.24) is 10.3 Å². The lowest BCUT2D eigenvalue weighted by Gasteiger charge is -2.31. The number of anilines is 1. The number of fused-ring (bicyclic) bond motifs is 1. The lowest BCUT2D eigenvalue weighted by molar-refractivity contribution is -0.120. The average molecular weight is 382 g/mol. The van der Waals surface area contributed by atoms with Crippen molar-refractivity contribution in [1.29, 1.82) is 0 Å². The highest BCUT2D eigenvalue weighted by atomic mass is 35.5. The smallest absolute Gasteiger partial charge is 0.255 e. The lowest BCUT2D eigenvalue weighted by atomic mass is 9.80. The maximum atomic E-state index is 13.0. The van der Waals surface area contributed by atoms with E-state index in [9.17, 15) is 9.59 Å². The third kappa shape index (κ3) is 3.61. The molecule has 1 amide bonds. The SMILES string of the molecule is O=C(Nc1cc2cc[nH]c(=O)c2cc1Cl)[C@@H]1CNCC[C@H]1c1ccccc1. The Morgan fingerprint density at radius 3 is 2.78 bits per heavy atom. The van der Waals surface area contributed by atoms with E-state index >= 15 is 0 Å². The van der Waals surface area contributed by atoms with Gasteiger partial charge in [0.1, 0.15) is 0 Å². The Morgan fingerprint density at radius 1 is 1.15 bits per heavy atom. The number of carbonyl (C=O) groups is 1. The summed E-state index contributed by atoms with van der Waals surface area (Å²) >= 11 is 6.33. The van der Waals surface area contributed by atoms with Gasteiger partial charge in [-0.2, -0.15) is 0 Å². The summed E-state index contributed by atoms with van der Waals surface area (Å²) in [6, 6.07) is 15.3. The fourth-order valence-corrected chi connectivity index (χ4v) is 3.97. The number of pyridine rings is 1. The van der Waals surface area contributed by atoms with E-state index in [2.05, 4.69) is 27.8 Å². The van der Waals surface area contributed by atoms with Gasteiger partial charge >= 0.3 is 0 Å². The molecular weight excluding hydrogens is 362 g/mol. The van der Waals surface area contributed by atoms with Crippen molar-refractivity contribution in [2.75, 3.05) is 18.4 Å². The van der Waals surface area contributed by atoms with Crippen molar-refractivity contribution in [3.8, 4) is 0 Å². The fourth-order valence-electron chi connectivity index (χ4n) is 3.76. The number of aromatic amines is 1. The van der Waals surface area contributed by atoms with Crippen LogP contribution in [0.3, 0.4) is 0 Å². The zero-order valence-electron chi connectivity index (χ0n) is 14.7. The first kappa shape index (κ1) is 17.8. The molecule has 0 saturated carbocycles. The van der Waals surface area contributed by atoms with Crippen molar-refractivity contribution < 1.29 is 4.79 Å². The molecule has 138 valence electrons. The largest absolute Gasteiger partial charge is 0.329 e. The van der Waals surface area contributed by atoms with E-state index in [4.69, 9.17) is 11.6 Å². The number of piperidine rings is 1. The van der Waals surface area contributed by atoms with Crippen LogP contribution in [0.5, 0.6) is 0 Å². The van der Waals surface area contributed by atoms with Crippen LogP contribution in [-0.4, -0.2) is 24.0 Å². The lowest BCUT2D eigenvalue weighted by Crippen LogP contribution is -2.42. The number of aromatic nitrogens is 1. The number of H-pyrrole nitrogens is 1. The maximum absolute atomic E-state index is 13.0. The molecule has 3 aromatic rings. The van der Waals surface area contributed by atoms with Crippen molar-refractivity contribution in [3.63, 3.8) is 0 Å². The van der Waals surface area contributed by atoms with Gasteiger partial charge in [0.15, 0.2) is 0 Å². The van der Waals surface area contributed by atoms with Crippen molar-refractivity contribution in [2.45, 2.75) is 12.3 Å². The highest BCUT2D eigenvalue weighted by molar-refractivity contribution is 6.34. The van der Waals surface area contributed by atoms with Gasteiger partial charge in [0.2, 0.25) is 5.91 Å². The summed E-state index contributed by atoms with van der Waals surface area (Å²) in [5.41, 5.74) is 1.50. The minimum Gasteiger partial charge on any atom is -0.329 e. The molecule has 2 atom stereocenters. The second-order valence-corrected chi connectivity index (χ2v) is 7.24. The standard InChI is InChI=1S/C21H20ClN3O2/c22-18-11-16-14(6-9-24-20(16)26)10-19(18)25-21(27)17-12-23-8-7-15(17)13-4-2-1-3-5-13/h1-6,9-11,15,17,23H,7-8,12H2,(H,24,26)(H,25,27)/t15-,17+/m0/s1. The number of amides is 1. The van der Waals surface area contributed by atoms with E-state index < -0.39 is 0 Å². The van der Waals surface area contributed by atoms with Crippen molar-refractivity contribution in [2.24, 2.45) is 5.92 Å². The number of halogens is 1. The number of carbonyl (C=O) groups excluding carboxylic acids is 1. The number of hydrogen-bond acceptors (Lipinski definition) is 3. The van der Waals surface area contributed by atoms with Gasteiger partial charge in [-0.1, -0.05) is 41.9 Å². The van der Waals surface area contributed by atoms with E-state index in [-0.39, 0.29) is 23.3 Å². The van der Waals surface area contributed by atoms with Gasteiger partial charge in [0.05, 0.1) is 16.6 Å². The molecule has 1 aliphatic heterocycles. The molecule has 2 aromatic carbocycles. The number of hydrogen-bond donors (Lipinski definition) is 3. The van der Waals surface area contributed by atoms with Gasteiger partial charge in [-0.25, -0.2) is 0 Å². The summed E-state index contributed by atoms with van der Waals surface area (Å²) in [5.74, 6) is -0.0937. The van der Waals surface area contributed by atoms with Crippen LogP contribution in [0.4, 0.5) is 5.69 Å². The van der Waals surface area contributed by atoms with E-state index in [1.54, 1.807) is 24.4 Å². The first-order chi connectivity index (χ1) is 13.1. The van der Waals surface area contributed by atoms with Gasteiger partial charge in [0.25, 0.3) is 5.56 Å². The third-order valence-corrected chi connectivity index (χ3v) is 5.48. The summed E-state index contributed by atoms with van der Waals surface area (Å²) in [4.78, 5) is 27.6. The molecule has 6 heteroatoms. The molecule has 0 spiro atoms. The molecular formula is C21H20ClN3O2. The predicted octanol–water partition coefficient (Wildman–Crippen LogP) is 3.51. The summed E-state index contributed by atoms with van der Waals surface area (Å²) in [5, 5.41) is 7.87. The van der Waals surface area contributed by atoms with Crippen LogP contribution in [0.1, 0.15) is 17.9 Å². The Labute approximate surface area is 161 Å². The van der Waals surface area contributed by atoms with E-state index in [1.807, 2.05) is 18.2 Å². The predicted molar refractivity (Wildman–Crippen MR) is 108 cm³/mol. The Morgan fingerprint density at radius 2 is 1.96 bits per heavy atom. The monoisotopic (exact) mass is 381 g/mol. The van der Waals surface area contributed by atoms with Crippen LogP contribution in [-0.2, 0) is 4.79 Å². The molecule has 0 bridgehead atoms. The van der Waals surface area contributed by atoms with Crippen LogP contribution >= 0.6 is 11.6 Å². The van der Waals surface area contributed by atoms with Crippen molar-refractivity contribution in [3.05, 3.63) is 75.7 Å². The third-order valence-electron chi connectivity index (χ3n) is 5.17. The Kier molecular flexibility index (Phi) is 4.97. The average Bonchev–Trinajstić information content (AvgIpc) is 2.70. The number of benzene rings is 2. The first-order valence-corrected chi connectivity index (χ1v) is 9.39. The fraction of sp³-hybridized carbons (Fsp3) is 0.238. The molecule has 5 nitrogen and oxygen atoms in total. The zero-order chi connectivity index (χ0) is 18.8. The van der Waals surface area contributed by atoms with Crippen LogP contribution in [0.25, 0.3) is 10.8 Å². The quantitative estimate of drug-likeness (QED) is 0.650. The van der Waals surface area contributed by atoms with Gasteiger partial charge in [-0.3, -0.25) is 9.59 Å². The van der Waals surface area contributed by atoms with Gasteiger partial charge in [-0.05, 0) is 48.0 Å². The van der Waals surface area contributed by atoms with Crippen molar-refractivity contribution >= 4 is 34.0 Å². The highest BCUT2D eigenvalue weighted by Gasteiger charge is 2.32. The van der Waals surface area contributed by atoms with E-state index in [0.717, 1.165) is 18.4 Å². The molecule has 1 saturated heterocycles. The molecule has 4 rings (SSSR count). The van der Waals surface area contributed by atoms with E-state index in [1.165, 1.54) is 5.56 Å². The molecule has 0 aliphatic carbocycles. The number of rotatable bonds is 3. The molecule has 27 heavy (non-hydrogen) atoms. The van der Waals surface area contributed by atoms with Gasteiger partial charge in [-0.15, -0.1) is 0 Å². The molecule has 0 unspecified atom stereocenters. The Bertz CT molecular complexity index is 1030. The molecule has 1 fully saturated rings. The van der Waals surface area contributed by atoms with E-state index in [0.29, 0.717) is 22.6 Å². The topological polar surface area (TPSA) is 74.0 Å². The molecule has 1 aliphatic rings. The molecule has 1 aromatic heterocycles. The van der Waals surface area contributed by atoms with Gasteiger partial charge in [0, 0.05) is 18.1 Å². The summed E-state index contributed by atoms with van der Waals surface area (Å²) in [6.45, 7) is 1.51. The summed E-state index contributed by atoms with van der Waals surface area (Å²) in [6.07, 6.45) is 2.49. The van der Waals surface area contributed by atoms with Crippen LogP contribution < -0.4 is 16.2 Å². The minimum absolute atomic E-state index is 0.0675. The molecule has 2 heterocycles. The molecule has 3 N–H and O–H groups in total.